The molecule has 0 atom stereocenters. The van der Waals surface area contributed by atoms with Gasteiger partial charge in [-0.15, -0.1) is 0 Å². The average molecular weight is 257 g/mol. The molecule has 2 rings (SSSR count). The standard InChI is InChI=1S/C14H15N3O2/c1-18-10-4-7-13-16-14(19-17-13)12-6-3-2-5-11(12)8-9-15/h2-3,5-6H,4,7-8,10H2,1H3. The van der Waals surface area contributed by atoms with Gasteiger partial charge in [-0.05, 0) is 18.1 Å². The first-order valence-corrected chi connectivity index (χ1v) is 6.12. The van der Waals surface area contributed by atoms with E-state index in [4.69, 9.17) is 14.5 Å². The van der Waals surface area contributed by atoms with Gasteiger partial charge in [0.25, 0.3) is 5.89 Å². The highest BCUT2D eigenvalue weighted by molar-refractivity contribution is 5.58. The molecule has 1 heterocycles. The lowest BCUT2D eigenvalue weighted by Gasteiger charge is -2.00. The Morgan fingerprint density at radius 3 is 3.00 bits per heavy atom. The molecule has 19 heavy (non-hydrogen) atoms. The lowest BCUT2D eigenvalue weighted by atomic mass is 10.1. The molecule has 0 spiro atoms. The van der Waals surface area contributed by atoms with Crippen molar-refractivity contribution in [3.63, 3.8) is 0 Å². The van der Waals surface area contributed by atoms with E-state index in [0.29, 0.717) is 24.7 Å². The number of benzene rings is 1. The van der Waals surface area contributed by atoms with Crippen LogP contribution in [-0.2, 0) is 17.6 Å². The second kappa shape index (κ2) is 6.66. The van der Waals surface area contributed by atoms with Gasteiger partial charge in [-0.1, -0.05) is 23.4 Å². The van der Waals surface area contributed by atoms with Crippen molar-refractivity contribution in [1.29, 1.82) is 5.26 Å². The van der Waals surface area contributed by atoms with Crippen LogP contribution in [0.1, 0.15) is 17.8 Å². The summed E-state index contributed by atoms with van der Waals surface area (Å²) in [6.07, 6.45) is 1.91. The fourth-order valence-electron chi connectivity index (χ4n) is 1.81. The van der Waals surface area contributed by atoms with Crippen molar-refractivity contribution in [2.75, 3.05) is 13.7 Å². The van der Waals surface area contributed by atoms with Crippen molar-refractivity contribution >= 4 is 0 Å². The van der Waals surface area contributed by atoms with Gasteiger partial charge in [0.05, 0.1) is 12.5 Å². The molecule has 0 aliphatic heterocycles. The summed E-state index contributed by atoms with van der Waals surface area (Å²) >= 11 is 0. The third-order valence-electron chi connectivity index (χ3n) is 2.73. The first-order valence-electron chi connectivity index (χ1n) is 6.12. The number of aromatic nitrogens is 2. The maximum atomic E-state index is 8.81. The van der Waals surface area contributed by atoms with Crippen molar-refractivity contribution in [3.05, 3.63) is 35.7 Å². The number of hydrogen-bond acceptors (Lipinski definition) is 5. The maximum absolute atomic E-state index is 8.81. The molecule has 0 bridgehead atoms. The molecular weight excluding hydrogens is 242 g/mol. The first kappa shape index (κ1) is 13.2. The van der Waals surface area contributed by atoms with Crippen molar-refractivity contribution in [2.45, 2.75) is 19.3 Å². The molecule has 1 aromatic carbocycles. The van der Waals surface area contributed by atoms with E-state index in [2.05, 4.69) is 16.2 Å². The highest BCUT2D eigenvalue weighted by Crippen LogP contribution is 2.22. The minimum atomic E-state index is 0.331. The molecule has 0 amide bonds. The molecule has 0 unspecified atom stereocenters. The van der Waals surface area contributed by atoms with E-state index in [1.807, 2.05) is 24.3 Å². The normalized spacial score (nSPS) is 10.3. The van der Waals surface area contributed by atoms with Gasteiger partial charge in [-0.25, -0.2) is 0 Å². The van der Waals surface area contributed by atoms with Gasteiger partial charge in [0.1, 0.15) is 0 Å². The van der Waals surface area contributed by atoms with Crippen LogP contribution in [0, 0.1) is 11.3 Å². The van der Waals surface area contributed by atoms with Crippen LogP contribution < -0.4 is 0 Å². The van der Waals surface area contributed by atoms with Crippen LogP contribution in [0.4, 0.5) is 0 Å². The molecule has 0 saturated carbocycles. The van der Waals surface area contributed by atoms with Gasteiger partial charge >= 0.3 is 0 Å². The Morgan fingerprint density at radius 1 is 1.37 bits per heavy atom. The number of rotatable bonds is 6. The Bertz CT molecular complexity index is 572. The molecule has 2 aromatic rings. The molecular formula is C14H15N3O2. The quantitative estimate of drug-likeness (QED) is 0.743. The van der Waals surface area contributed by atoms with Crippen molar-refractivity contribution in [1.82, 2.24) is 10.1 Å². The summed E-state index contributed by atoms with van der Waals surface area (Å²) < 4.78 is 10.2. The SMILES string of the molecule is COCCCc1noc(-c2ccccc2CC#N)n1. The van der Waals surface area contributed by atoms with E-state index >= 15 is 0 Å². The maximum Gasteiger partial charge on any atom is 0.258 e. The minimum Gasteiger partial charge on any atom is -0.385 e. The van der Waals surface area contributed by atoms with Crippen LogP contribution in [0.3, 0.4) is 0 Å². The van der Waals surface area contributed by atoms with Crippen LogP contribution in [0.15, 0.2) is 28.8 Å². The van der Waals surface area contributed by atoms with Crippen LogP contribution in [-0.4, -0.2) is 23.9 Å². The van der Waals surface area contributed by atoms with Crippen LogP contribution in [0.2, 0.25) is 0 Å². The predicted molar refractivity (Wildman–Crippen MR) is 69.2 cm³/mol. The Balaban J connectivity index is 2.16. The van der Waals surface area contributed by atoms with Crippen molar-refractivity contribution < 1.29 is 9.26 Å². The largest absolute Gasteiger partial charge is 0.385 e. The highest BCUT2D eigenvalue weighted by atomic mass is 16.5. The Kier molecular flexibility index (Phi) is 4.65. The lowest BCUT2D eigenvalue weighted by Crippen LogP contribution is -1.94. The van der Waals surface area contributed by atoms with E-state index in [1.54, 1.807) is 7.11 Å². The first-order chi connectivity index (χ1) is 9.35. The third kappa shape index (κ3) is 3.39. The zero-order valence-corrected chi connectivity index (χ0v) is 10.8. The smallest absolute Gasteiger partial charge is 0.258 e. The number of hydrogen-bond donors (Lipinski definition) is 0. The molecule has 0 aliphatic carbocycles. The second-order valence-corrected chi connectivity index (χ2v) is 4.10. The zero-order valence-electron chi connectivity index (χ0n) is 10.8. The van der Waals surface area contributed by atoms with Crippen molar-refractivity contribution in [3.8, 4) is 17.5 Å². The van der Waals surface area contributed by atoms with Gasteiger partial charge in [-0.2, -0.15) is 10.2 Å². The highest BCUT2D eigenvalue weighted by Gasteiger charge is 2.12. The third-order valence-corrected chi connectivity index (χ3v) is 2.73. The summed E-state index contributed by atoms with van der Waals surface area (Å²) in [7, 11) is 1.67. The number of ether oxygens (including phenoxy) is 1. The average Bonchev–Trinajstić information content (AvgIpc) is 2.89. The zero-order chi connectivity index (χ0) is 13.5. The molecule has 0 radical (unpaired) electrons. The molecule has 5 nitrogen and oxygen atoms in total. The number of nitrogens with zero attached hydrogens (tertiary/aromatic N) is 3. The molecule has 98 valence electrons. The van der Waals surface area contributed by atoms with E-state index in [-0.39, 0.29) is 0 Å². The van der Waals surface area contributed by atoms with E-state index < -0.39 is 0 Å². The lowest BCUT2D eigenvalue weighted by molar-refractivity contribution is 0.194. The monoisotopic (exact) mass is 257 g/mol. The Labute approximate surface area is 111 Å². The molecule has 0 saturated heterocycles. The summed E-state index contributed by atoms with van der Waals surface area (Å²) in [5.41, 5.74) is 1.73. The number of aryl methyl sites for hydroxylation is 1. The molecule has 1 aromatic heterocycles. The number of methoxy groups -OCH3 is 1. The van der Waals surface area contributed by atoms with Gasteiger partial charge in [0.2, 0.25) is 0 Å². The number of nitriles is 1. The van der Waals surface area contributed by atoms with Gasteiger partial charge in [-0.3, -0.25) is 0 Å². The van der Waals surface area contributed by atoms with E-state index in [1.165, 1.54) is 0 Å². The second-order valence-electron chi connectivity index (χ2n) is 4.10. The molecule has 0 fully saturated rings. The van der Waals surface area contributed by atoms with Crippen molar-refractivity contribution in [2.24, 2.45) is 0 Å². The summed E-state index contributed by atoms with van der Waals surface area (Å²) in [6, 6.07) is 9.71. The molecule has 0 aliphatic rings. The van der Waals surface area contributed by atoms with Gasteiger partial charge in [0.15, 0.2) is 5.82 Å². The topological polar surface area (TPSA) is 71.9 Å². The van der Waals surface area contributed by atoms with Crippen LogP contribution >= 0.6 is 0 Å². The van der Waals surface area contributed by atoms with Crippen LogP contribution in [0.25, 0.3) is 11.5 Å². The minimum absolute atomic E-state index is 0.331. The van der Waals surface area contributed by atoms with Gasteiger partial charge in [0, 0.05) is 25.7 Å². The fraction of sp³-hybridized carbons (Fsp3) is 0.357. The summed E-state index contributed by atoms with van der Waals surface area (Å²) in [6.45, 7) is 0.675. The summed E-state index contributed by atoms with van der Waals surface area (Å²) in [5, 5.41) is 12.8. The Morgan fingerprint density at radius 2 is 2.21 bits per heavy atom. The Hall–Kier alpha value is -2.19. The molecule has 0 N–H and O–H groups in total. The summed E-state index contributed by atoms with van der Waals surface area (Å²) in [4.78, 5) is 4.35. The fourth-order valence-corrected chi connectivity index (χ4v) is 1.81. The predicted octanol–water partition coefficient (Wildman–Crippen LogP) is 2.38. The molecule has 5 heteroatoms. The van der Waals surface area contributed by atoms with E-state index in [9.17, 15) is 0 Å². The van der Waals surface area contributed by atoms with E-state index in [0.717, 1.165) is 24.0 Å². The van der Waals surface area contributed by atoms with Crippen LogP contribution in [0.5, 0.6) is 0 Å². The van der Waals surface area contributed by atoms with Gasteiger partial charge < -0.3 is 9.26 Å². The summed E-state index contributed by atoms with van der Waals surface area (Å²) in [5.74, 6) is 1.14.